The van der Waals surface area contributed by atoms with Crippen LogP contribution in [0, 0.1) is 25.5 Å². The van der Waals surface area contributed by atoms with Gasteiger partial charge in [0.05, 0.1) is 18.3 Å². The molecule has 24 heavy (non-hydrogen) atoms. The molecular weight excluding hydrogens is 316 g/mol. The highest BCUT2D eigenvalue weighted by atomic mass is 19.1. The molecule has 1 atom stereocenters. The Morgan fingerprint density at radius 1 is 1.33 bits per heavy atom. The molecule has 2 N–H and O–H groups in total. The summed E-state index contributed by atoms with van der Waals surface area (Å²) >= 11 is 0. The summed E-state index contributed by atoms with van der Waals surface area (Å²) < 4.78 is 32.4. The molecule has 1 aromatic carbocycles. The minimum Gasteiger partial charge on any atom is -0.444 e. The van der Waals surface area contributed by atoms with E-state index in [0.717, 1.165) is 18.2 Å². The highest BCUT2D eigenvalue weighted by molar-refractivity contribution is 5.74. The Morgan fingerprint density at radius 2 is 2.08 bits per heavy atom. The van der Waals surface area contributed by atoms with Crippen LogP contribution in [0.3, 0.4) is 0 Å². The summed E-state index contributed by atoms with van der Waals surface area (Å²) in [4.78, 5) is 16.2. The van der Waals surface area contributed by atoms with E-state index in [1.807, 2.05) is 13.8 Å². The van der Waals surface area contributed by atoms with Crippen LogP contribution in [-0.2, 0) is 6.54 Å². The number of aryl methyl sites for hydroxylation is 2. The molecule has 2 rings (SSSR count). The van der Waals surface area contributed by atoms with E-state index in [4.69, 9.17) is 4.42 Å². The molecule has 1 aromatic heterocycles. The van der Waals surface area contributed by atoms with E-state index < -0.39 is 23.7 Å². The van der Waals surface area contributed by atoms with E-state index in [-0.39, 0.29) is 12.1 Å². The average molecular weight is 337 g/mol. The van der Waals surface area contributed by atoms with Crippen molar-refractivity contribution in [2.75, 3.05) is 0 Å². The fourth-order valence-corrected chi connectivity index (χ4v) is 2.36. The van der Waals surface area contributed by atoms with Crippen LogP contribution in [-0.4, -0.2) is 11.0 Å². The minimum atomic E-state index is -0.673. The number of aromatic nitrogens is 1. The van der Waals surface area contributed by atoms with Gasteiger partial charge in [-0.2, -0.15) is 0 Å². The number of amides is 2. The molecular formula is C17H21F2N3O2. The lowest BCUT2D eigenvalue weighted by Crippen LogP contribution is -2.38. The van der Waals surface area contributed by atoms with Crippen molar-refractivity contribution in [2.45, 2.75) is 46.2 Å². The van der Waals surface area contributed by atoms with Crippen LogP contribution in [0.25, 0.3) is 0 Å². The van der Waals surface area contributed by atoms with Crippen LogP contribution in [0.15, 0.2) is 22.6 Å². The molecule has 130 valence electrons. The highest BCUT2D eigenvalue weighted by Gasteiger charge is 2.18. The molecule has 0 spiro atoms. The molecule has 1 heterocycles. The molecule has 7 heteroatoms. The number of nitrogens with zero attached hydrogens (tertiary/aromatic N) is 1. The zero-order valence-electron chi connectivity index (χ0n) is 14.0. The molecule has 0 aliphatic heterocycles. The monoisotopic (exact) mass is 337 g/mol. The number of carbonyl (C=O) groups excluding carboxylic acids is 1. The smallest absolute Gasteiger partial charge is 0.315 e. The predicted molar refractivity (Wildman–Crippen MR) is 85.4 cm³/mol. The summed E-state index contributed by atoms with van der Waals surface area (Å²) in [5, 5.41) is 5.33. The third-order valence-electron chi connectivity index (χ3n) is 3.69. The Morgan fingerprint density at radius 3 is 2.67 bits per heavy atom. The van der Waals surface area contributed by atoms with Crippen molar-refractivity contribution < 1.29 is 18.0 Å². The maximum absolute atomic E-state index is 13.9. The number of halogens is 2. The van der Waals surface area contributed by atoms with Gasteiger partial charge in [0, 0.05) is 11.6 Å². The summed E-state index contributed by atoms with van der Waals surface area (Å²) in [6.07, 6.45) is 1.27. The Labute approximate surface area is 139 Å². The summed E-state index contributed by atoms with van der Waals surface area (Å²) in [7, 11) is 0. The first-order valence-corrected chi connectivity index (χ1v) is 7.83. The van der Waals surface area contributed by atoms with Gasteiger partial charge in [0.1, 0.15) is 17.4 Å². The van der Waals surface area contributed by atoms with Crippen molar-refractivity contribution in [3.63, 3.8) is 0 Å². The second kappa shape index (κ2) is 7.90. The molecule has 5 nitrogen and oxygen atoms in total. The van der Waals surface area contributed by atoms with Gasteiger partial charge in [0.15, 0.2) is 0 Å². The van der Waals surface area contributed by atoms with Crippen molar-refractivity contribution in [3.05, 3.63) is 52.7 Å². The maximum Gasteiger partial charge on any atom is 0.315 e. The molecule has 2 aromatic rings. The molecule has 0 bridgehead atoms. The van der Waals surface area contributed by atoms with E-state index in [9.17, 15) is 13.6 Å². The minimum absolute atomic E-state index is 0.130. The van der Waals surface area contributed by atoms with E-state index in [2.05, 4.69) is 15.6 Å². The number of urea groups is 1. The molecule has 2 amide bonds. The maximum atomic E-state index is 13.9. The van der Waals surface area contributed by atoms with E-state index >= 15 is 0 Å². The number of rotatable bonds is 6. The summed E-state index contributed by atoms with van der Waals surface area (Å²) in [5.74, 6) is -0.220. The fourth-order valence-electron chi connectivity index (χ4n) is 2.36. The van der Waals surface area contributed by atoms with Crippen molar-refractivity contribution in [1.29, 1.82) is 0 Å². The topological polar surface area (TPSA) is 67.2 Å². The largest absolute Gasteiger partial charge is 0.444 e. The molecule has 1 unspecified atom stereocenters. The van der Waals surface area contributed by atoms with Crippen molar-refractivity contribution in [1.82, 2.24) is 15.6 Å². The molecule has 0 fully saturated rings. The van der Waals surface area contributed by atoms with Crippen LogP contribution in [0.5, 0.6) is 0 Å². The Kier molecular flexibility index (Phi) is 5.89. The SMILES string of the molecule is CCCC(NC(=O)NCc1nc(C)c(C)o1)c1ccc(F)cc1F. The van der Waals surface area contributed by atoms with Crippen molar-refractivity contribution in [3.8, 4) is 0 Å². The van der Waals surface area contributed by atoms with Crippen LogP contribution < -0.4 is 10.6 Å². The van der Waals surface area contributed by atoms with Crippen LogP contribution in [0.4, 0.5) is 13.6 Å². The third kappa shape index (κ3) is 4.53. The van der Waals surface area contributed by atoms with Gasteiger partial charge in [-0.3, -0.25) is 0 Å². The molecule has 0 aliphatic carbocycles. The number of hydrogen-bond donors (Lipinski definition) is 2. The Hall–Kier alpha value is -2.44. The van der Waals surface area contributed by atoms with Crippen LogP contribution in [0.2, 0.25) is 0 Å². The molecule has 0 radical (unpaired) electrons. The third-order valence-corrected chi connectivity index (χ3v) is 3.69. The number of carbonyl (C=O) groups is 1. The van der Waals surface area contributed by atoms with Gasteiger partial charge in [-0.1, -0.05) is 19.4 Å². The summed E-state index contributed by atoms with van der Waals surface area (Å²) in [6.45, 7) is 5.66. The van der Waals surface area contributed by atoms with E-state index in [1.165, 1.54) is 12.1 Å². The first-order chi connectivity index (χ1) is 11.4. The first-order valence-electron chi connectivity index (χ1n) is 7.83. The summed E-state index contributed by atoms with van der Waals surface area (Å²) in [6, 6.07) is 2.34. The van der Waals surface area contributed by atoms with Gasteiger partial charge < -0.3 is 15.1 Å². The first kappa shape index (κ1) is 17.9. The quantitative estimate of drug-likeness (QED) is 0.840. The lowest BCUT2D eigenvalue weighted by Gasteiger charge is -2.19. The summed E-state index contributed by atoms with van der Waals surface area (Å²) in [5.41, 5.74) is 1.03. The van der Waals surface area contributed by atoms with Gasteiger partial charge in [-0.15, -0.1) is 0 Å². The van der Waals surface area contributed by atoms with Crippen molar-refractivity contribution in [2.24, 2.45) is 0 Å². The number of hydrogen-bond acceptors (Lipinski definition) is 3. The van der Waals surface area contributed by atoms with Gasteiger partial charge in [-0.25, -0.2) is 18.6 Å². The van der Waals surface area contributed by atoms with Crippen LogP contribution >= 0.6 is 0 Å². The van der Waals surface area contributed by atoms with Gasteiger partial charge in [0.25, 0.3) is 0 Å². The van der Waals surface area contributed by atoms with Crippen molar-refractivity contribution >= 4 is 6.03 Å². The van der Waals surface area contributed by atoms with Gasteiger partial charge in [-0.05, 0) is 26.3 Å². The molecule has 0 saturated carbocycles. The van der Waals surface area contributed by atoms with E-state index in [1.54, 1.807) is 6.92 Å². The Balaban J connectivity index is 2.00. The zero-order valence-corrected chi connectivity index (χ0v) is 14.0. The van der Waals surface area contributed by atoms with Gasteiger partial charge >= 0.3 is 6.03 Å². The lowest BCUT2D eigenvalue weighted by molar-refractivity contribution is 0.234. The number of nitrogens with one attached hydrogen (secondary N) is 2. The molecule has 0 aliphatic rings. The molecule has 0 saturated heterocycles. The average Bonchev–Trinajstić information content (AvgIpc) is 2.83. The Bertz CT molecular complexity index is 696. The zero-order chi connectivity index (χ0) is 17.7. The normalized spacial score (nSPS) is 12.0. The van der Waals surface area contributed by atoms with Gasteiger partial charge in [0.2, 0.25) is 5.89 Å². The second-order valence-electron chi connectivity index (χ2n) is 5.58. The van der Waals surface area contributed by atoms with Crippen LogP contribution in [0.1, 0.15) is 48.7 Å². The number of oxazole rings is 1. The second-order valence-corrected chi connectivity index (χ2v) is 5.58. The number of benzene rings is 1. The van der Waals surface area contributed by atoms with E-state index in [0.29, 0.717) is 18.1 Å². The lowest BCUT2D eigenvalue weighted by atomic mass is 10.0. The highest BCUT2D eigenvalue weighted by Crippen LogP contribution is 2.22. The standard InChI is InChI=1S/C17H21F2N3O2/c1-4-5-15(13-7-6-12(18)8-14(13)19)22-17(23)20-9-16-21-10(2)11(3)24-16/h6-8,15H,4-5,9H2,1-3H3,(H2,20,22,23). The fraction of sp³-hybridized carbons (Fsp3) is 0.412. The predicted octanol–water partition coefficient (Wildman–Crippen LogP) is 3.91.